The molecule has 9 heteroatoms. The fourth-order valence-electron chi connectivity index (χ4n) is 6.00. The van der Waals surface area contributed by atoms with Gasteiger partial charge in [-0.3, -0.25) is 19.4 Å². The van der Waals surface area contributed by atoms with Crippen LogP contribution in [0.25, 0.3) is 0 Å². The minimum Gasteiger partial charge on any atom is -0.507 e. The van der Waals surface area contributed by atoms with Gasteiger partial charge in [0.2, 0.25) is 0 Å². The number of carbonyl (C=O) groups excluding carboxylic acids is 3. The number of nitrogens with one attached hydrogen (secondary N) is 4. The maximum atomic E-state index is 13.4. The number of pyridine rings is 1. The maximum absolute atomic E-state index is 13.4. The lowest BCUT2D eigenvalue weighted by Crippen LogP contribution is -2.54. The Morgan fingerprint density at radius 2 is 1.52 bits per heavy atom. The molecule has 0 saturated carbocycles. The summed E-state index contributed by atoms with van der Waals surface area (Å²) in [6.07, 6.45) is 6.88. The standard InChI is InChI=1S/C33H39N5O4/c1-33(2)14-4-16-36-30(33)24-10-11-28(39)25(19-24)29(40)21-6-8-22(9-7-21)31(41)37-26-5-3-15-35-20-27(26)38-32(42)23-12-17-34-18-13-23/h6-13,17-19,26-27,30,35-36,39H,3-5,14-16,20H2,1-2H3,(H,37,41)(H,38,42)/t26-,27-,30?/m1/s1. The van der Waals surface area contributed by atoms with Crippen LogP contribution in [0.5, 0.6) is 5.75 Å². The molecule has 220 valence electrons. The van der Waals surface area contributed by atoms with E-state index in [0.717, 1.165) is 37.9 Å². The van der Waals surface area contributed by atoms with Crippen LogP contribution in [0.1, 0.15) is 87.8 Å². The van der Waals surface area contributed by atoms with E-state index in [1.165, 1.54) is 0 Å². The lowest BCUT2D eigenvalue weighted by molar-refractivity contribution is 0.0882. The van der Waals surface area contributed by atoms with Crippen LogP contribution < -0.4 is 21.3 Å². The Morgan fingerprint density at radius 3 is 2.24 bits per heavy atom. The molecule has 0 spiro atoms. The molecule has 3 atom stereocenters. The van der Waals surface area contributed by atoms with Gasteiger partial charge in [0.15, 0.2) is 5.78 Å². The molecule has 42 heavy (non-hydrogen) atoms. The van der Waals surface area contributed by atoms with E-state index < -0.39 is 0 Å². The predicted molar refractivity (Wildman–Crippen MR) is 161 cm³/mol. The van der Waals surface area contributed by atoms with E-state index >= 15 is 0 Å². The van der Waals surface area contributed by atoms with Gasteiger partial charge in [-0.2, -0.15) is 0 Å². The van der Waals surface area contributed by atoms with E-state index in [-0.39, 0.29) is 52.5 Å². The summed E-state index contributed by atoms with van der Waals surface area (Å²) in [5.74, 6) is -0.868. The first-order valence-electron chi connectivity index (χ1n) is 14.7. The van der Waals surface area contributed by atoms with Crippen molar-refractivity contribution in [2.24, 2.45) is 5.41 Å². The smallest absolute Gasteiger partial charge is 0.251 e. The fourth-order valence-corrected chi connectivity index (χ4v) is 6.00. The molecule has 1 aromatic heterocycles. The molecular weight excluding hydrogens is 530 g/mol. The second-order valence-electron chi connectivity index (χ2n) is 11.9. The van der Waals surface area contributed by atoms with Crippen LogP contribution in [0.3, 0.4) is 0 Å². The molecule has 5 N–H and O–H groups in total. The van der Waals surface area contributed by atoms with Crippen LogP contribution in [0.15, 0.2) is 67.0 Å². The van der Waals surface area contributed by atoms with Crippen molar-refractivity contribution in [3.05, 3.63) is 94.8 Å². The zero-order valence-corrected chi connectivity index (χ0v) is 24.2. The third-order valence-corrected chi connectivity index (χ3v) is 8.43. The van der Waals surface area contributed by atoms with E-state index in [1.807, 2.05) is 6.07 Å². The number of piperidine rings is 1. The highest BCUT2D eigenvalue weighted by atomic mass is 16.3. The van der Waals surface area contributed by atoms with Crippen LogP contribution >= 0.6 is 0 Å². The lowest BCUT2D eigenvalue weighted by Gasteiger charge is -2.40. The highest BCUT2D eigenvalue weighted by Crippen LogP contribution is 2.41. The number of phenolic OH excluding ortho intramolecular Hbond substituents is 1. The normalized spacial score (nSPS) is 22.0. The van der Waals surface area contributed by atoms with Gasteiger partial charge in [-0.05, 0) is 86.1 Å². The number of amides is 2. The Hall–Kier alpha value is -4.08. The van der Waals surface area contributed by atoms with Crippen molar-refractivity contribution in [2.75, 3.05) is 19.6 Å². The van der Waals surface area contributed by atoms with Gasteiger partial charge >= 0.3 is 0 Å². The van der Waals surface area contributed by atoms with Crippen LogP contribution in [-0.2, 0) is 0 Å². The number of benzene rings is 2. The topological polar surface area (TPSA) is 132 Å². The van der Waals surface area contributed by atoms with E-state index in [1.54, 1.807) is 60.9 Å². The van der Waals surface area contributed by atoms with Crippen LogP contribution in [0.4, 0.5) is 0 Å². The molecule has 2 saturated heterocycles. The number of carbonyl (C=O) groups is 3. The van der Waals surface area contributed by atoms with Crippen LogP contribution in [0.2, 0.25) is 0 Å². The minimum absolute atomic E-state index is 0.0266. The molecule has 2 fully saturated rings. The maximum Gasteiger partial charge on any atom is 0.251 e. The fraction of sp³-hybridized carbons (Fsp3) is 0.394. The molecule has 0 bridgehead atoms. The Kier molecular flexibility index (Phi) is 8.99. The van der Waals surface area contributed by atoms with Gasteiger partial charge in [0.1, 0.15) is 5.75 Å². The highest BCUT2D eigenvalue weighted by molar-refractivity contribution is 6.11. The Labute approximate surface area is 246 Å². The molecule has 3 heterocycles. The van der Waals surface area contributed by atoms with Gasteiger partial charge in [-0.1, -0.05) is 32.0 Å². The van der Waals surface area contributed by atoms with Gasteiger partial charge in [0, 0.05) is 41.7 Å². The van der Waals surface area contributed by atoms with Crippen molar-refractivity contribution in [3.8, 4) is 5.75 Å². The van der Waals surface area contributed by atoms with Gasteiger partial charge in [-0.15, -0.1) is 0 Å². The second kappa shape index (κ2) is 12.8. The first-order valence-corrected chi connectivity index (χ1v) is 14.7. The molecule has 2 amide bonds. The summed E-state index contributed by atoms with van der Waals surface area (Å²) in [6.45, 7) is 6.67. The Bertz CT molecular complexity index is 1420. The number of hydrogen-bond acceptors (Lipinski definition) is 7. The van der Waals surface area contributed by atoms with Crippen molar-refractivity contribution in [2.45, 2.75) is 57.7 Å². The summed E-state index contributed by atoms with van der Waals surface area (Å²) < 4.78 is 0. The second-order valence-corrected chi connectivity index (χ2v) is 11.9. The molecule has 0 aliphatic carbocycles. The number of ketones is 1. The zero-order chi connectivity index (χ0) is 29.7. The summed E-state index contributed by atoms with van der Waals surface area (Å²) in [7, 11) is 0. The molecule has 2 aliphatic rings. The van der Waals surface area contributed by atoms with E-state index in [9.17, 15) is 19.5 Å². The minimum atomic E-state index is -0.302. The van der Waals surface area contributed by atoms with Crippen molar-refractivity contribution in [1.29, 1.82) is 0 Å². The Balaban J connectivity index is 1.28. The van der Waals surface area contributed by atoms with Crippen molar-refractivity contribution >= 4 is 17.6 Å². The first kappa shape index (κ1) is 29.4. The largest absolute Gasteiger partial charge is 0.507 e. The number of hydrogen-bond donors (Lipinski definition) is 5. The van der Waals surface area contributed by atoms with E-state index in [0.29, 0.717) is 29.7 Å². The summed E-state index contributed by atoms with van der Waals surface area (Å²) in [5, 5.41) is 23.6. The highest BCUT2D eigenvalue weighted by Gasteiger charge is 2.34. The molecule has 2 aliphatic heterocycles. The van der Waals surface area contributed by atoms with Crippen LogP contribution in [0, 0.1) is 5.41 Å². The molecule has 5 rings (SSSR count). The van der Waals surface area contributed by atoms with E-state index in [4.69, 9.17) is 0 Å². The van der Waals surface area contributed by atoms with Gasteiger partial charge in [-0.25, -0.2) is 0 Å². The molecule has 9 nitrogen and oxygen atoms in total. The van der Waals surface area contributed by atoms with Crippen LogP contribution in [-0.4, -0.2) is 59.4 Å². The van der Waals surface area contributed by atoms with Gasteiger partial charge in [0.05, 0.1) is 17.6 Å². The average Bonchev–Trinajstić information content (AvgIpc) is 3.22. The Morgan fingerprint density at radius 1 is 0.857 bits per heavy atom. The third-order valence-electron chi connectivity index (χ3n) is 8.43. The quantitative estimate of drug-likeness (QED) is 0.274. The predicted octanol–water partition coefficient (Wildman–Crippen LogP) is 3.75. The zero-order valence-electron chi connectivity index (χ0n) is 24.2. The third kappa shape index (κ3) is 6.69. The number of aromatic nitrogens is 1. The number of phenols is 1. The van der Waals surface area contributed by atoms with E-state index in [2.05, 4.69) is 40.1 Å². The molecule has 3 aromatic rings. The summed E-state index contributed by atoms with van der Waals surface area (Å²) in [5.41, 5.74) is 2.55. The summed E-state index contributed by atoms with van der Waals surface area (Å²) in [6, 6.07) is 14.5. The molecule has 0 radical (unpaired) electrons. The van der Waals surface area contributed by atoms with Crippen molar-refractivity contribution < 1.29 is 19.5 Å². The first-order chi connectivity index (χ1) is 20.2. The monoisotopic (exact) mass is 569 g/mol. The van der Waals surface area contributed by atoms with Crippen molar-refractivity contribution in [3.63, 3.8) is 0 Å². The summed E-state index contributed by atoms with van der Waals surface area (Å²) in [4.78, 5) is 43.4. The molecule has 2 aromatic carbocycles. The number of rotatable bonds is 7. The number of aromatic hydroxyl groups is 1. The molecule has 1 unspecified atom stereocenters. The average molecular weight is 570 g/mol. The van der Waals surface area contributed by atoms with Crippen molar-refractivity contribution in [1.82, 2.24) is 26.3 Å². The summed E-state index contributed by atoms with van der Waals surface area (Å²) >= 11 is 0. The SMILES string of the molecule is CC1(C)CCCNC1c1ccc(O)c(C(=O)c2ccc(C(=O)N[C@@H]3CCCNC[C@H]3NC(=O)c3ccncc3)cc2)c1. The van der Waals surface area contributed by atoms with Gasteiger partial charge in [0.25, 0.3) is 11.8 Å². The lowest BCUT2D eigenvalue weighted by atomic mass is 9.74. The number of nitrogens with zero attached hydrogens (tertiary/aromatic N) is 1. The molecular formula is C33H39N5O4. The van der Waals surface area contributed by atoms with Gasteiger partial charge < -0.3 is 26.4 Å².